The van der Waals surface area contributed by atoms with Gasteiger partial charge in [0.1, 0.15) is 11.6 Å². The Hall–Kier alpha value is -1.94. The van der Waals surface area contributed by atoms with E-state index in [2.05, 4.69) is 4.98 Å². The Balaban J connectivity index is 2.28. The van der Waals surface area contributed by atoms with Crippen LogP contribution in [0.2, 0.25) is 5.02 Å². The molecule has 18 heavy (non-hydrogen) atoms. The van der Waals surface area contributed by atoms with Gasteiger partial charge in [0.2, 0.25) is 5.88 Å². The highest BCUT2D eigenvalue weighted by Gasteiger charge is 2.07. The van der Waals surface area contributed by atoms with E-state index in [1.54, 1.807) is 19.1 Å². The van der Waals surface area contributed by atoms with Gasteiger partial charge in [-0.2, -0.15) is 0 Å². The van der Waals surface area contributed by atoms with E-state index in [0.29, 0.717) is 29.0 Å². The minimum absolute atomic E-state index is 0.0309. The lowest BCUT2D eigenvalue weighted by atomic mass is 10.2. The average molecular weight is 266 g/mol. The molecule has 3 nitrogen and oxygen atoms in total. The molecule has 0 radical (unpaired) electrons. The molecule has 0 atom stereocenters. The number of nitrogens with zero attached hydrogens (tertiary/aromatic N) is 1. The number of benzene rings is 1. The molecule has 0 N–H and O–H groups in total. The zero-order chi connectivity index (χ0) is 13.1. The van der Waals surface area contributed by atoms with E-state index < -0.39 is 5.82 Å². The first-order valence-electron chi connectivity index (χ1n) is 5.15. The van der Waals surface area contributed by atoms with Gasteiger partial charge in [-0.3, -0.25) is 4.79 Å². The molecule has 2 rings (SSSR count). The van der Waals surface area contributed by atoms with Crippen molar-refractivity contribution in [2.45, 2.75) is 6.92 Å². The van der Waals surface area contributed by atoms with Crippen LogP contribution in [0.4, 0.5) is 4.39 Å². The second kappa shape index (κ2) is 5.14. The third kappa shape index (κ3) is 2.65. The second-order valence-electron chi connectivity index (χ2n) is 3.69. The Bertz CT molecular complexity index is 602. The van der Waals surface area contributed by atoms with E-state index in [9.17, 15) is 9.18 Å². The zero-order valence-electron chi connectivity index (χ0n) is 9.48. The molecule has 2 aromatic rings. The number of ether oxygens (including phenoxy) is 1. The monoisotopic (exact) mass is 265 g/mol. The Labute approximate surface area is 108 Å². The van der Waals surface area contributed by atoms with Crippen molar-refractivity contribution in [3.05, 3.63) is 52.4 Å². The number of hydrogen-bond donors (Lipinski definition) is 0. The summed E-state index contributed by atoms with van der Waals surface area (Å²) in [6.07, 6.45) is 2.09. The van der Waals surface area contributed by atoms with E-state index >= 15 is 0 Å². The third-order valence-corrected chi connectivity index (χ3v) is 2.60. The van der Waals surface area contributed by atoms with Crippen molar-refractivity contribution in [2.75, 3.05) is 0 Å². The molecule has 92 valence electrons. The van der Waals surface area contributed by atoms with Crippen LogP contribution >= 0.6 is 11.6 Å². The second-order valence-corrected chi connectivity index (χ2v) is 4.09. The van der Waals surface area contributed by atoms with Crippen LogP contribution in [0.3, 0.4) is 0 Å². The number of hydrogen-bond acceptors (Lipinski definition) is 3. The molecule has 0 unspecified atom stereocenters. The maximum Gasteiger partial charge on any atom is 0.222 e. The molecule has 1 aromatic heterocycles. The van der Waals surface area contributed by atoms with Gasteiger partial charge in [0.05, 0.1) is 5.02 Å². The van der Waals surface area contributed by atoms with Crippen molar-refractivity contribution < 1.29 is 13.9 Å². The number of carbonyl (C=O) groups is 1. The van der Waals surface area contributed by atoms with Gasteiger partial charge in [-0.05, 0) is 25.1 Å². The molecule has 0 saturated heterocycles. The fourth-order valence-electron chi connectivity index (χ4n) is 1.41. The Morgan fingerprint density at radius 2 is 2.17 bits per heavy atom. The summed E-state index contributed by atoms with van der Waals surface area (Å²) in [7, 11) is 0. The lowest BCUT2D eigenvalue weighted by Crippen LogP contribution is -1.94. The van der Waals surface area contributed by atoms with E-state index in [1.807, 2.05) is 0 Å². The number of halogens is 2. The van der Waals surface area contributed by atoms with Crippen molar-refractivity contribution in [1.82, 2.24) is 4.98 Å². The van der Waals surface area contributed by atoms with Crippen molar-refractivity contribution in [1.29, 1.82) is 0 Å². The van der Waals surface area contributed by atoms with Crippen LogP contribution in [0.1, 0.15) is 15.9 Å². The van der Waals surface area contributed by atoms with Crippen molar-refractivity contribution in [3.63, 3.8) is 0 Å². The first-order chi connectivity index (χ1) is 8.60. The van der Waals surface area contributed by atoms with Crippen LogP contribution in [0.5, 0.6) is 11.6 Å². The summed E-state index contributed by atoms with van der Waals surface area (Å²) in [6.45, 7) is 1.75. The predicted molar refractivity (Wildman–Crippen MR) is 65.8 cm³/mol. The van der Waals surface area contributed by atoms with Gasteiger partial charge in [-0.25, -0.2) is 9.37 Å². The maximum atomic E-state index is 13.2. The van der Waals surface area contributed by atoms with E-state index in [1.165, 1.54) is 18.3 Å². The van der Waals surface area contributed by atoms with Crippen LogP contribution in [0.15, 0.2) is 30.5 Å². The Kier molecular flexibility index (Phi) is 3.58. The predicted octanol–water partition coefficient (Wildman–Crippen LogP) is 3.79. The van der Waals surface area contributed by atoms with Crippen LogP contribution in [-0.2, 0) is 0 Å². The highest BCUT2D eigenvalue weighted by molar-refractivity contribution is 6.30. The molecule has 0 spiro atoms. The topological polar surface area (TPSA) is 39.2 Å². The summed E-state index contributed by atoms with van der Waals surface area (Å²) < 4.78 is 18.6. The number of carbonyl (C=O) groups excluding carboxylic acids is 1. The van der Waals surface area contributed by atoms with Crippen LogP contribution in [-0.4, -0.2) is 11.3 Å². The molecule has 1 heterocycles. The summed E-state index contributed by atoms with van der Waals surface area (Å²) in [5, 5.41) is 0.0309. The van der Waals surface area contributed by atoms with Gasteiger partial charge in [0.25, 0.3) is 0 Å². The smallest absolute Gasteiger partial charge is 0.222 e. The number of pyridine rings is 1. The highest BCUT2D eigenvalue weighted by atomic mass is 35.5. The van der Waals surface area contributed by atoms with Gasteiger partial charge < -0.3 is 4.74 Å². The number of rotatable bonds is 3. The lowest BCUT2D eigenvalue weighted by molar-refractivity contribution is 0.112. The quantitative estimate of drug-likeness (QED) is 0.793. The average Bonchev–Trinajstić information content (AvgIpc) is 2.36. The van der Waals surface area contributed by atoms with Crippen LogP contribution in [0.25, 0.3) is 0 Å². The van der Waals surface area contributed by atoms with E-state index in [-0.39, 0.29) is 5.02 Å². The number of aldehydes is 1. The molecule has 0 aliphatic heterocycles. The minimum atomic E-state index is -0.559. The van der Waals surface area contributed by atoms with Gasteiger partial charge in [-0.15, -0.1) is 0 Å². The minimum Gasteiger partial charge on any atom is -0.439 e. The molecular formula is C13H9ClFNO2. The molecule has 1 aromatic carbocycles. The number of aromatic nitrogens is 1. The van der Waals surface area contributed by atoms with Gasteiger partial charge in [0, 0.05) is 23.4 Å². The fourth-order valence-corrected chi connectivity index (χ4v) is 1.52. The van der Waals surface area contributed by atoms with Crippen molar-refractivity contribution in [2.24, 2.45) is 0 Å². The highest BCUT2D eigenvalue weighted by Crippen LogP contribution is 2.26. The summed E-state index contributed by atoms with van der Waals surface area (Å²) in [4.78, 5) is 14.6. The molecular weight excluding hydrogens is 257 g/mol. The maximum absolute atomic E-state index is 13.2. The Morgan fingerprint density at radius 1 is 1.39 bits per heavy atom. The Morgan fingerprint density at radius 3 is 2.78 bits per heavy atom. The van der Waals surface area contributed by atoms with Crippen LogP contribution < -0.4 is 4.74 Å². The fraction of sp³-hybridized carbons (Fsp3) is 0.0769. The lowest BCUT2D eigenvalue weighted by Gasteiger charge is -2.08. The molecule has 0 aliphatic carbocycles. The molecule has 0 amide bonds. The van der Waals surface area contributed by atoms with Gasteiger partial charge >= 0.3 is 0 Å². The van der Waals surface area contributed by atoms with Crippen molar-refractivity contribution >= 4 is 17.9 Å². The molecule has 5 heteroatoms. The number of aryl methyl sites for hydroxylation is 1. The van der Waals surface area contributed by atoms with Gasteiger partial charge in [-0.1, -0.05) is 11.6 Å². The SMILES string of the molecule is Cc1cc(C=O)cnc1Oc1ccc(Cl)c(F)c1. The third-order valence-electron chi connectivity index (χ3n) is 2.29. The van der Waals surface area contributed by atoms with E-state index in [0.717, 1.165) is 0 Å². The summed E-state index contributed by atoms with van der Waals surface area (Å²) >= 11 is 5.57. The summed E-state index contributed by atoms with van der Waals surface area (Å²) in [6, 6.07) is 5.76. The van der Waals surface area contributed by atoms with E-state index in [4.69, 9.17) is 16.3 Å². The standard InChI is InChI=1S/C13H9ClFNO2/c1-8-4-9(7-17)6-16-13(8)18-10-2-3-11(14)12(15)5-10/h2-7H,1H3. The van der Waals surface area contributed by atoms with Crippen molar-refractivity contribution in [3.8, 4) is 11.6 Å². The molecule has 0 fully saturated rings. The van der Waals surface area contributed by atoms with Gasteiger partial charge in [0.15, 0.2) is 6.29 Å². The normalized spacial score (nSPS) is 10.2. The first-order valence-corrected chi connectivity index (χ1v) is 5.52. The molecule has 0 aliphatic rings. The molecule has 0 bridgehead atoms. The zero-order valence-corrected chi connectivity index (χ0v) is 10.2. The molecule has 0 saturated carbocycles. The largest absolute Gasteiger partial charge is 0.439 e. The summed E-state index contributed by atoms with van der Waals surface area (Å²) in [5.74, 6) is 0.0602. The van der Waals surface area contributed by atoms with Crippen LogP contribution in [0, 0.1) is 12.7 Å². The first kappa shape index (κ1) is 12.5. The summed E-state index contributed by atoms with van der Waals surface area (Å²) in [5.41, 5.74) is 1.15.